The second kappa shape index (κ2) is 7.64. The summed E-state index contributed by atoms with van der Waals surface area (Å²) in [5.74, 6) is 0.694. The molecule has 1 amide bonds. The van der Waals surface area contributed by atoms with E-state index < -0.39 is 0 Å². The van der Waals surface area contributed by atoms with E-state index in [1.807, 2.05) is 37.5 Å². The van der Waals surface area contributed by atoms with Gasteiger partial charge in [0.15, 0.2) is 0 Å². The van der Waals surface area contributed by atoms with Gasteiger partial charge < -0.3 is 5.32 Å². The van der Waals surface area contributed by atoms with Crippen molar-refractivity contribution < 1.29 is 4.79 Å². The molecule has 3 aromatic rings. The van der Waals surface area contributed by atoms with Crippen molar-refractivity contribution in [1.29, 1.82) is 0 Å². The number of aryl methyl sites for hydroxylation is 1. The number of nitrogens with one attached hydrogen (secondary N) is 1. The molecule has 27 heavy (non-hydrogen) atoms. The highest BCUT2D eigenvalue weighted by atomic mass is 79.9. The number of amides is 1. The Hall–Kier alpha value is -2.47. The van der Waals surface area contributed by atoms with Gasteiger partial charge in [0.1, 0.15) is 5.69 Å². The number of rotatable bonds is 6. The summed E-state index contributed by atoms with van der Waals surface area (Å²) in [7, 11) is 1.82. The Bertz CT molecular complexity index is 930. The molecule has 1 fully saturated rings. The summed E-state index contributed by atoms with van der Waals surface area (Å²) in [6, 6.07) is 16.0. The minimum Gasteiger partial charge on any atom is -0.343 e. The van der Waals surface area contributed by atoms with Crippen LogP contribution in [0, 0.1) is 0 Å². The fourth-order valence-corrected chi connectivity index (χ4v) is 3.47. The minimum absolute atomic E-state index is 0.0345. The predicted molar refractivity (Wildman–Crippen MR) is 107 cm³/mol. The van der Waals surface area contributed by atoms with Gasteiger partial charge in [-0.3, -0.25) is 9.48 Å². The molecular weight excluding hydrogens is 404 g/mol. The van der Waals surface area contributed by atoms with Crippen molar-refractivity contribution in [2.45, 2.75) is 31.2 Å². The Balaban J connectivity index is 1.49. The Morgan fingerprint density at radius 1 is 1.19 bits per heavy atom. The second-order valence-corrected chi connectivity index (χ2v) is 7.98. The van der Waals surface area contributed by atoms with Gasteiger partial charge in [0.05, 0.1) is 18.7 Å². The number of hydrogen-bond acceptors (Lipinski definition) is 3. The molecule has 1 atom stereocenters. The van der Waals surface area contributed by atoms with Crippen molar-refractivity contribution in [3.8, 4) is 0 Å². The smallest absolute Gasteiger partial charge is 0.225 e. The lowest BCUT2D eigenvalue weighted by Crippen LogP contribution is -2.30. The number of nitrogens with zero attached hydrogens (tertiary/aromatic N) is 3. The zero-order valence-electron chi connectivity index (χ0n) is 15.1. The fraction of sp³-hybridized carbons (Fsp3) is 0.286. The molecule has 0 aliphatic heterocycles. The van der Waals surface area contributed by atoms with Crippen LogP contribution in [0.5, 0.6) is 0 Å². The number of hydrogen-bond donors (Lipinski definition) is 1. The van der Waals surface area contributed by atoms with Gasteiger partial charge in [0.2, 0.25) is 5.91 Å². The highest BCUT2D eigenvalue weighted by Gasteiger charge is 2.23. The van der Waals surface area contributed by atoms with E-state index in [1.165, 1.54) is 18.4 Å². The molecule has 6 heteroatoms. The van der Waals surface area contributed by atoms with Gasteiger partial charge in [-0.15, -0.1) is 5.10 Å². The SMILES string of the molecule is Cn1cc(C(NC(=O)Cc2ccc(C3CC3)cc2)c2ccc(Br)cc2)nn1. The van der Waals surface area contributed by atoms with Crippen LogP contribution >= 0.6 is 15.9 Å². The van der Waals surface area contributed by atoms with E-state index in [0.29, 0.717) is 6.42 Å². The van der Waals surface area contributed by atoms with Crippen LogP contribution in [0.25, 0.3) is 0 Å². The van der Waals surface area contributed by atoms with E-state index >= 15 is 0 Å². The monoisotopic (exact) mass is 424 g/mol. The third kappa shape index (κ3) is 4.45. The fourth-order valence-electron chi connectivity index (χ4n) is 3.20. The quantitative estimate of drug-likeness (QED) is 0.652. The third-order valence-electron chi connectivity index (χ3n) is 4.82. The standard InChI is InChI=1S/C21H21BrN4O/c1-26-13-19(24-25-26)21(17-8-10-18(22)11-9-17)23-20(27)12-14-2-4-15(5-3-14)16-6-7-16/h2-5,8-11,13,16,21H,6-7,12H2,1H3,(H,23,27). The number of carbonyl (C=O) groups is 1. The molecule has 5 nitrogen and oxygen atoms in total. The average molecular weight is 425 g/mol. The summed E-state index contributed by atoms with van der Waals surface area (Å²) in [5.41, 5.74) is 4.09. The molecule has 1 N–H and O–H groups in total. The highest BCUT2D eigenvalue weighted by Crippen LogP contribution is 2.39. The summed E-state index contributed by atoms with van der Waals surface area (Å²) in [6.45, 7) is 0. The Kier molecular flexibility index (Phi) is 5.07. The van der Waals surface area contributed by atoms with Gasteiger partial charge in [-0.05, 0) is 47.6 Å². The molecule has 1 aromatic heterocycles. The number of halogens is 1. The van der Waals surface area contributed by atoms with Crippen molar-refractivity contribution in [1.82, 2.24) is 20.3 Å². The summed E-state index contributed by atoms with van der Waals surface area (Å²) < 4.78 is 2.63. The molecule has 1 unspecified atom stereocenters. The van der Waals surface area contributed by atoms with E-state index in [0.717, 1.165) is 27.2 Å². The van der Waals surface area contributed by atoms with Crippen LogP contribution in [0.1, 0.15) is 47.2 Å². The van der Waals surface area contributed by atoms with Crippen molar-refractivity contribution >= 4 is 21.8 Å². The first-order chi connectivity index (χ1) is 13.1. The normalized spacial score (nSPS) is 14.7. The first-order valence-corrected chi connectivity index (χ1v) is 9.87. The average Bonchev–Trinajstić information content (AvgIpc) is 3.42. The van der Waals surface area contributed by atoms with E-state index in [1.54, 1.807) is 4.68 Å². The molecule has 1 heterocycles. The maximum Gasteiger partial charge on any atom is 0.225 e. The second-order valence-electron chi connectivity index (χ2n) is 7.06. The zero-order valence-corrected chi connectivity index (χ0v) is 16.7. The van der Waals surface area contributed by atoms with Crippen LogP contribution in [-0.4, -0.2) is 20.9 Å². The zero-order chi connectivity index (χ0) is 18.8. The Morgan fingerprint density at radius 3 is 2.48 bits per heavy atom. The van der Waals surface area contributed by atoms with Crippen LogP contribution in [-0.2, 0) is 18.3 Å². The van der Waals surface area contributed by atoms with Crippen molar-refractivity contribution in [3.63, 3.8) is 0 Å². The van der Waals surface area contributed by atoms with E-state index in [-0.39, 0.29) is 11.9 Å². The molecule has 1 aliphatic rings. The molecule has 4 rings (SSSR count). The molecular formula is C21H21BrN4O. The van der Waals surface area contributed by atoms with E-state index in [2.05, 4.69) is 55.8 Å². The van der Waals surface area contributed by atoms with Gasteiger partial charge in [0, 0.05) is 11.5 Å². The molecule has 0 spiro atoms. The summed E-state index contributed by atoms with van der Waals surface area (Å²) >= 11 is 3.45. The number of carbonyl (C=O) groups excluding carboxylic acids is 1. The van der Waals surface area contributed by atoms with Crippen molar-refractivity contribution in [3.05, 3.63) is 81.6 Å². The Morgan fingerprint density at radius 2 is 1.89 bits per heavy atom. The number of aromatic nitrogens is 3. The largest absolute Gasteiger partial charge is 0.343 e. The summed E-state index contributed by atoms with van der Waals surface area (Å²) in [6.07, 6.45) is 4.75. The first kappa shape index (κ1) is 17.9. The maximum atomic E-state index is 12.7. The Labute approximate surface area is 166 Å². The van der Waals surface area contributed by atoms with Gasteiger partial charge >= 0.3 is 0 Å². The molecule has 2 aromatic carbocycles. The highest BCUT2D eigenvalue weighted by molar-refractivity contribution is 9.10. The van der Waals surface area contributed by atoms with Gasteiger partial charge in [-0.25, -0.2) is 0 Å². The lowest BCUT2D eigenvalue weighted by Gasteiger charge is -2.17. The minimum atomic E-state index is -0.329. The van der Waals surface area contributed by atoms with Gasteiger partial charge in [-0.1, -0.05) is 57.5 Å². The molecule has 0 radical (unpaired) electrons. The molecule has 1 saturated carbocycles. The predicted octanol–water partition coefficient (Wildman–Crippen LogP) is 3.90. The van der Waals surface area contributed by atoms with Gasteiger partial charge in [-0.2, -0.15) is 0 Å². The first-order valence-electron chi connectivity index (χ1n) is 9.08. The molecule has 1 aliphatic carbocycles. The topological polar surface area (TPSA) is 59.8 Å². The van der Waals surface area contributed by atoms with Crippen LogP contribution in [0.15, 0.2) is 59.2 Å². The third-order valence-corrected chi connectivity index (χ3v) is 5.35. The maximum absolute atomic E-state index is 12.7. The molecule has 138 valence electrons. The van der Waals surface area contributed by atoms with Crippen LogP contribution in [0.3, 0.4) is 0 Å². The van der Waals surface area contributed by atoms with Gasteiger partial charge in [0.25, 0.3) is 0 Å². The van der Waals surface area contributed by atoms with Crippen LogP contribution in [0.2, 0.25) is 0 Å². The lowest BCUT2D eigenvalue weighted by molar-refractivity contribution is -0.121. The molecule has 0 saturated heterocycles. The van der Waals surface area contributed by atoms with Crippen LogP contribution < -0.4 is 5.32 Å². The van der Waals surface area contributed by atoms with Crippen molar-refractivity contribution in [2.24, 2.45) is 7.05 Å². The van der Waals surface area contributed by atoms with Crippen LogP contribution in [0.4, 0.5) is 0 Å². The molecule has 0 bridgehead atoms. The summed E-state index contributed by atoms with van der Waals surface area (Å²) in [4.78, 5) is 12.7. The summed E-state index contributed by atoms with van der Waals surface area (Å²) in [5, 5.41) is 11.3. The van der Waals surface area contributed by atoms with Crippen molar-refractivity contribution in [2.75, 3.05) is 0 Å². The lowest BCUT2D eigenvalue weighted by atomic mass is 10.0. The van der Waals surface area contributed by atoms with E-state index in [4.69, 9.17) is 0 Å². The number of benzene rings is 2. The van der Waals surface area contributed by atoms with E-state index in [9.17, 15) is 4.79 Å².